The molecule has 2 rings (SSSR count). The maximum Gasteiger partial charge on any atom is 0.269 e. The Morgan fingerprint density at radius 1 is 0.966 bits per heavy atom. The summed E-state index contributed by atoms with van der Waals surface area (Å²) in [5.41, 5.74) is 5.71. The number of carbonyl (C=O) groups excluding carboxylic acids is 2. The van der Waals surface area contributed by atoms with Crippen LogP contribution in [0, 0.1) is 0 Å². The van der Waals surface area contributed by atoms with Gasteiger partial charge in [0.05, 0.1) is 27.1 Å². The molecule has 0 heterocycles. The number of methoxy groups -OCH3 is 3. The minimum atomic E-state index is -0.531. The van der Waals surface area contributed by atoms with Gasteiger partial charge >= 0.3 is 0 Å². The molecule has 156 valence electrons. The van der Waals surface area contributed by atoms with Crippen molar-refractivity contribution in [3.05, 3.63) is 51.5 Å². The van der Waals surface area contributed by atoms with Crippen molar-refractivity contribution >= 4 is 46.8 Å². The molecule has 0 fully saturated rings. The monoisotopic (exact) mass is 458 g/mol. The Balaban J connectivity index is 1.91. The van der Waals surface area contributed by atoms with Gasteiger partial charge in [-0.15, -0.1) is 11.8 Å². The molecule has 0 aliphatic carbocycles. The van der Waals surface area contributed by atoms with E-state index < -0.39 is 5.91 Å². The molecule has 0 aliphatic rings. The van der Waals surface area contributed by atoms with Crippen LogP contribution in [0.5, 0.6) is 17.2 Å². The predicted molar refractivity (Wildman–Crippen MR) is 114 cm³/mol. The molecule has 2 aromatic rings. The van der Waals surface area contributed by atoms with Crippen LogP contribution < -0.4 is 25.1 Å². The minimum absolute atomic E-state index is 0.108. The fourth-order valence-electron chi connectivity index (χ4n) is 2.36. The molecule has 0 spiro atoms. The van der Waals surface area contributed by atoms with E-state index in [-0.39, 0.29) is 17.2 Å². The van der Waals surface area contributed by atoms with E-state index >= 15 is 0 Å². The summed E-state index contributed by atoms with van der Waals surface area (Å²) >= 11 is 13.5. The molecule has 2 N–H and O–H groups in total. The summed E-state index contributed by atoms with van der Waals surface area (Å²) in [6.07, 6.45) is 0. The Labute approximate surface area is 183 Å². The van der Waals surface area contributed by atoms with E-state index in [1.165, 1.54) is 45.2 Å². The normalized spacial score (nSPS) is 10.2. The molecular formula is C19H20Cl2N2O5S. The first-order chi connectivity index (χ1) is 13.9. The number of amides is 2. The molecule has 2 amide bonds. The van der Waals surface area contributed by atoms with Crippen LogP contribution in [0.15, 0.2) is 30.3 Å². The van der Waals surface area contributed by atoms with Crippen molar-refractivity contribution in [2.24, 2.45) is 0 Å². The summed E-state index contributed by atoms with van der Waals surface area (Å²) in [7, 11) is 4.36. The van der Waals surface area contributed by atoms with Gasteiger partial charge in [-0.3, -0.25) is 20.4 Å². The quantitative estimate of drug-likeness (QED) is 0.586. The number of ether oxygens (including phenoxy) is 3. The maximum absolute atomic E-state index is 12.4. The molecule has 0 aromatic heterocycles. The molecule has 0 atom stereocenters. The zero-order valence-corrected chi connectivity index (χ0v) is 18.3. The molecule has 0 unspecified atom stereocenters. The molecule has 7 nitrogen and oxygen atoms in total. The summed E-state index contributed by atoms with van der Waals surface area (Å²) in [6.45, 7) is 0. The van der Waals surface area contributed by atoms with Gasteiger partial charge in [0.2, 0.25) is 11.7 Å². The van der Waals surface area contributed by atoms with Crippen molar-refractivity contribution in [3.63, 3.8) is 0 Å². The van der Waals surface area contributed by atoms with Crippen LogP contribution in [-0.4, -0.2) is 38.9 Å². The van der Waals surface area contributed by atoms with Gasteiger partial charge in [-0.1, -0.05) is 29.3 Å². The van der Waals surface area contributed by atoms with E-state index in [2.05, 4.69) is 10.9 Å². The van der Waals surface area contributed by atoms with Gasteiger partial charge in [0.25, 0.3) is 5.91 Å². The second-order valence-electron chi connectivity index (χ2n) is 5.61. The summed E-state index contributed by atoms with van der Waals surface area (Å²) in [5, 5.41) is 1.09. The van der Waals surface area contributed by atoms with Crippen molar-refractivity contribution in [2.75, 3.05) is 27.1 Å². The molecule has 2 aromatic carbocycles. The van der Waals surface area contributed by atoms with Crippen LogP contribution in [0.2, 0.25) is 10.0 Å². The lowest BCUT2D eigenvalue weighted by Gasteiger charge is -2.14. The number of hydrogen-bond acceptors (Lipinski definition) is 6. The lowest BCUT2D eigenvalue weighted by atomic mass is 10.1. The van der Waals surface area contributed by atoms with Gasteiger partial charge in [-0.2, -0.15) is 0 Å². The fraction of sp³-hybridized carbons (Fsp3) is 0.263. The van der Waals surface area contributed by atoms with E-state index in [9.17, 15) is 9.59 Å². The van der Waals surface area contributed by atoms with Crippen LogP contribution in [0.25, 0.3) is 0 Å². The molecule has 10 heteroatoms. The first-order valence-corrected chi connectivity index (χ1v) is 10.2. The number of hydrogen-bond donors (Lipinski definition) is 2. The number of benzene rings is 2. The van der Waals surface area contributed by atoms with E-state index in [4.69, 9.17) is 37.4 Å². The Bertz CT molecular complexity index is 850. The predicted octanol–water partition coefficient (Wildman–Crippen LogP) is 3.71. The second-order valence-corrected chi connectivity index (χ2v) is 7.41. The van der Waals surface area contributed by atoms with E-state index in [1.54, 1.807) is 18.2 Å². The summed E-state index contributed by atoms with van der Waals surface area (Å²) < 4.78 is 15.6. The van der Waals surface area contributed by atoms with Crippen LogP contribution in [0.4, 0.5) is 0 Å². The molecule has 0 bridgehead atoms. The lowest BCUT2D eigenvalue weighted by Crippen LogP contribution is -2.42. The van der Waals surface area contributed by atoms with Crippen molar-refractivity contribution < 1.29 is 23.8 Å². The number of nitrogens with one attached hydrogen (secondary N) is 2. The van der Waals surface area contributed by atoms with Gasteiger partial charge in [0, 0.05) is 21.4 Å². The molecule has 0 saturated heterocycles. The van der Waals surface area contributed by atoms with Crippen molar-refractivity contribution in [2.45, 2.75) is 5.75 Å². The number of thioether (sulfide) groups is 1. The largest absolute Gasteiger partial charge is 0.493 e. The van der Waals surface area contributed by atoms with E-state index in [0.717, 1.165) is 5.56 Å². The summed E-state index contributed by atoms with van der Waals surface area (Å²) in [4.78, 5) is 24.4. The average Bonchev–Trinajstić information content (AvgIpc) is 2.72. The highest BCUT2D eigenvalue weighted by atomic mass is 35.5. The van der Waals surface area contributed by atoms with Crippen molar-refractivity contribution in [3.8, 4) is 17.2 Å². The molecule has 0 aliphatic heterocycles. The second kappa shape index (κ2) is 11.0. The van der Waals surface area contributed by atoms with E-state index in [0.29, 0.717) is 33.0 Å². The Morgan fingerprint density at radius 3 is 2.07 bits per heavy atom. The summed E-state index contributed by atoms with van der Waals surface area (Å²) in [5.74, 6) is 0.691. The SMILES string of the molecule is COc1cc(C(=O)NNC(=O)CSCc2c(Cl)cccc2Cl)cc(OC)c1OC. The standard InChI is InChI=1S/C19H20Cl2N2O5S/c1-26-15-7-11(8-16(27-2)18(15)28-3)19(25)23-22-17(24)10-29-9-12-13(20)5-4-6-14(12)21/h4-8H,9-10H2,1-3H3,(H,22,24)(H,23,25). The Kier molecular flexibility index (Phi) is 8.75. The Hall–Kier alpha value is -2.29. The topological polar surface area (TPSA) is 85.9 Å². The smallest absolute Gasteiger partial charge is 0.269 e. The zero-order valence-electron chi connectivity index (χ0n) is 16.0. The van der Waals surface area contributed by atoms with Gasteiger partial charge in [-0.05, 0) is 29.8 Å². The number of halogens is 2. The average molecular weight is 459 g/mol. The summed E-state index contributed by atoms with van der Waals surface area (Å²) in [6, 6.07) is 8.19. The third kappa shape index (κ3) is 6.09. The maximum atomic E-state index is 12.4. The van der Waals surface area contributed by atoms with Crippen LogP contribution in [-0.2, 0) is 10.5 Å². The van der Waals surface area contributed by atoms with Gasteiger partial charge in [-0.25, -0.2) is 0 Å². The number of rotatable bonds is 8. The molecule has 0 saturated carbocycles. The molecule has 0 radical (unpaired) electrons. The highest BCUT2D eigenvalue weighted by Gasteiger charge is 2.17. The Morgan fingerprint density at radius 2 is 1.55 bits per heavy atom. The lowest BCUT2D eigenvalue weighted by molar-refractivity contribution is -0.119. The van der Waals surface area contributed by atoms with Crippen molar-refractivity contribution in [1.82, 2.24) is 10.9 Å². The van der Waals surface area contributed by atoms with Crippen LogP contribution in [0.3, 0.4) is 0 Å². The highest BCUT2D eigenvalue weighted by Crippen LogP contribution is 2.38. The fourth-order valence-corrected chi connectivity index (χ4v) is 3.93. The van der Waals surface area contributed by atoms with Gasteiger partial charge in [0.1, 0.15) is 0 Å². The van der Waals surface area contributed by atoms with E-state index in [1.807, 2.05) is 0 Å². The third-order valence-electron chi connectivity index (χ3n) is 3.78. The first-order valence-electron chi connectivity index (χ1n) is 8.31. The van der Waals surface area contributed by atoms with Crippen molar-refractivity contribution in [1.29, 1.82) is 0 Å². The number of hydrazine groups is 1. The van der Waals surface area contributed by atoms with Crippen LogP contribution >= 0.6 is 35.0 Å². The number of carbonyl (C=O) groups is 2. The molecule has 29 heavy (non-hydrogen) atoms. The molecular weight excluding hydrogens is 439 g/mol. The highest BCUT2D eigenvalue weighted by molar-refractivity contribution is 7.99. The third-order valence-corrected chi connectivity index (χ3v) is 5.45. The van der Waals surface area contributed by atoms with Gasteiger partial charge < -0.3 is 14.2 Å². The minimum Gasteiger partial charge on any atom is -0.493 e. The van der Waals surface area contributed by atoms with Gasteiger partial charge in [0.15, 0.2) is 11.5 Å². The van der Waals surface area contributed by atoms with Crippen LogP contribution in [0.1, 0.15) is 15.9 Å². The first kappa shape index (κ1) is 23.0. The zero-order chi connectivity index (χ0) is 21.4.